The average molecular weight is 297 g/mol. The minimum absolute atomic E-state index is 0.0124. The molecule has 20 heavy (non-hydrogen) atoms. The summed E-state index contributed by atoms with van der Waals surface area (Å²) in [5.41, 5.74) is 7.38. The highest BCUT2D eigenvalue weighted by Crippen LogP contribution is 2.24. The Morgan fingerprint density at radius 1 is 1.35 bits per heavy atom. The number of benzene rings is 1. The van der Waals surface area contributed by atoms with E-state index in [9.17, 15) is 4.79 Å². The van der Waals surface area contributed by atoms with Crippen LogP contribution in [0, 0.1) is 18.8 Å². The van der Waals surface area contributed by atoms with Crippen molar-refractivity contribution in [2.24, 2.45) is 17.6 Å². The van der Waals surface area contributed by atoms with Crippen LogP contribution in [0.3, 0.4) is 0 Å². The number of amides is 1. The van der Waals surface area contributed by atoms with E-state index in [0.717, 1.165) is 18.4 Å². The molecule has 3 nitrogen and oxygen atoms in total. The molecule has 1 rings (SSSR count). The van der Waals surface area contributed by atoms with Gasteiger partial charge >= 0.3 is 0 Å². The minimum atomic E-state index is 0.0124. The van der Waals surface area contributed by atoms with Crippen molar-refractivity contribution in [2.75, 3.05) is 11.9 Å². The first-order valence-electron chi connectivity index (χ1n) is 7.20. The lowest BCUT2D eigenvalue weighted by Gasteiger charge is -2.19. The van der Waals surface area contributed by atoms with Crippen LogP contribution < -0.4 is 11.1 Å². The number of carbonyl (C=O) groups excluding carboxylic acids is 1. The summed E-state index contributed by atoms with van der Waals surface area (Å²) in [4.78, 5) is 12.0. The van der Waals surface area contributed by atoms with Crippen molar-refractivity contribution in [3.63, 3.8) is 0 Å². The summed E-state index contributed by atoms with van der Waals surface area (Å²) in [7, 11) is 0. The molecule has 0 heterocycles. The highest BCUT2D eigenvalue weighted by Gasteiger charge is 2.15. The van der Waals surface area contributed by atoms with Gasteiger partial charge < -0.3 is 11.1 Å². The summed E-state index contributed by atoms with van der Waals surface area (Å²) >= 11 is 6.11. The fourth-order valence-corrected chi connectivity index (χ4v) is 2.56. The maximum Gasteiger partial charge on any atom is 0.224 e. The van der Waals surface area contributed by atoms with Crippen molar-refractivity contribution >= 4 is 23.2 Å². The van der Waals surface area contributed by atoms with Gasteiger partial charge in [0, 0.05) is 6.42 Å². The van der Waals surface area contributed by atoms with Gasteiger partial charge in [-0.15, -0.1) is 0 Å². The summed E-state index contributed by atoms with van der Waals surface area (Å²) in [5.74, 6) is 1.06. The maximum atomic E-state index is 12.0. The highest BCUT2D eigenvalue weighted by molar-refractivity contribution is 6.33. The van der Waals surface area contributed by atoms with Crippen molar-refractivity contribution in [1.29, 1.82) is 0 Å². The zero-order valence-electron chi connectivity index (χ0n) is 12.6. The zero-order chi connectivity index (χ0) is 15.1. The molecule has 1 aromatic rings. The van der Waals surface area contributed by atoms with Crippen molar-refractivity contribution in [3.8, 4) is 0 Å². The first-order valence-corrected chi connectivity index (χ1v) is 7.58. The Bertz CT molecular complexity index is 446. The molecule has 0 saturated heterocycles. The molecule has 0 aliphatic heterocycles. The molecule has 0 aromatic heterocycles. The number of carbonyl (C=O) groups is 1. The number of halogens is 1. The fourth-order valence-electron chi connectivity index (χ4n) is 2.28. The molecule has 0 aliphatic rings. The third kappa shape index (κ3) is 5.51. The molecule has 0 radical (unpaired) electrons. The van der Waals surface area contributed by atoms with Gasteiger partial charge in [-0.3, -0.25) is 4.79 Å². The molecule has 112 valence electrons. The van der Waals surface area contributed by atoms with Gasteiger partial charge in [0.15, 0.2) is 0 Å². The molecule has 1 atom stereocenters. The molecule has 1 amide bonds. The number of nitrogens with one attached hydrogen (secondary N) is 1. The number of anilines is 1. The van der Waals surface area contributed by atoms with Crippen LogP contribution in [0.1, 0.15) is 38.7 Å². The monoisotopic (exact) mass is 296 g/mol. The summed E-state index contributed by atoms with van der Waals surface area (Å²) in [5, 5.41) is 3.46. The molecule has 0 aliphatic carbocycles. The van der Waals surface area contributed by atoms with Crippen LogP contribution >= 0.6 is 11.6 Å². The number of hydrogen-bond donors (Lipinski definition) is 2. The van der Waals surface area contributed by atoms with E-state index in [2.05, 4.69) is 19.2 Å². The Morgan fingerprint density at radius 3 is 2.60 bits per heavy atom. The van der Waals surface area contributed by atoms with E-state index in [1.165, 1.54) is 0 Å². The molecule has 1 aromatic carbocycles. The molecule has 4 heteroatoms. The van der Waals surface area contributed by atoms with Crippen molar-refractivity contribution in [1.82, 2.24) is 0 Å². The van der Waals surface area contributed by atoms with Crippen LogP contribution in [0.2, 0.25) is 5.02 Å². The van der Waals surface area contributed by atoms with Crippen molar-refractivity contribution in [2.45, 2.75) is 40.0 Å². The van der Waals surface area contributed by atoms with Gasteiger partial charge in [0.2, 0.25) is 5.91 Å². The van der Waals surface area contributed by atoms with Gasteiger partial charge in [0.25, 0.3) is 0 Å². The van der Waals surface area contributed by atoms with Crippen LogP contribution in [-0.2, 0) is 4.79 Å². The lowest BCUT2D eigenvalue weighted by Crippen LogP contribution is -2.18. The summed E-state index contributed by atoms with van der Waals surface area (Å²) < 4.78 is 0. The van der Waals surface area contributed by atoms with E-state index in [-0.39, 0.29) is 5.91 Å². The summed E-state index contributed by atoms with van der Waals surface area (Å²) in [6, 6.07) is 5.63. The Morgan fingerprint density at radius 2 is 2.05 bits per heavy atom. The third-order valence-corrected chi connectivity index (χ3v) is 3.93. The predicted octanol–water partition coefficient (Wildman–Crippen LogP) is 3.99. The maximum absolute atomic E-state index is 12.0. The first-order chi connectivity index (χ1) is 9.43. The Labute approximate surface area is 126 Å². The number of aryl methyl sites for hydroxylation is 1. The second-order valence-corrected chi connectivity index (χ2v) is 6.06. The second-order valence-electron chi connectivity index (χ2n) is 5.65. The number of nitrogens with two attached hydrogens (primary N) is 1. The van der Waals surface area contributed by atoms with Gasteiger partial charge in [0.05, 0.1) is 10.7 Å². The van der Waals surface area contributed by atoms with Gasteiger partial charge in [-0.1, -0.05) is 31.5 Å². The normalized spacial score (nSPS) is 12.5. The lowest BCUT2D eigenvalue weighted by molar-refractivity contribution is -0.116. The van der Waals surface area contributed by atoms with Gasteiger partial charge in [0.1, 0.15) is 0 Å². The Kier molecular flexibility index (Phi) is 7.03. The van der Waals surface area contributed by atoms with Gasteiger partial charge in [-0.05, 0) is 55.8 Å². The van der Waals surface area contributed by atoms with Gasteiger partial charge in [-0.25, -0.2) is 0 Å². The minimum Gasteiger partial charge on any atom is -0.330 e. The van der Waals surface area contributed by atoms with E-state index in [4.69, 9.17) is 17.3 Å². The van der Waals surface area contributed by atoms with Crippen molar-refractivity contribution < 1.29 is 4.79 Å². The zero-order valence-corrected chi connectivity index (χ0v) is 13.3. The topological polar surface area (TPSA) is 55.1 Å². The number of rotatable bonds is 7. The molecule has 0 bridgehead atoms. The van der Waals surface area contributed by atoms with E-state index < -0.39 is 0 Å². The van der Waals surface area contributed by atoms with Crippen LogP contribution in [0.4, 0.5) is 5.69 Å². The highest BCUT2D eigenvalue weighted by atomic mass is 35.5. The standard InChI is InChI=1S/C16H25ClN2O/c1-11(2)13(8-9-18)5-7-16(20)19-15-6-4-12(3)10-14(15)17/h4,6,10-11,13H,5,7-9,18H2,1-3H3,(H,19,20). The summed E-state index contributed by atoms with van der Waals surface area (Å²) in [6.07, 6.45) is 2.34. The lowest BCUT2D eigenvalue weighted by atomic mass is 9.88. The van der Waals surface area contributed by atoms with E-state index >= 15 is 0 Å². The largest absolute Gasteiger partial charge is 0.330 e. The summed E-state index contributed by atoms with van der Waals surface area (Å²) in [6.45, 7) is 7.00. The van der Waals surface area contributed by atoms with E-state index in [1.807, 2.05) is 25.1 Å². The molecular weight excluding hydrogens is 272 g/mol. The Balaban J connectivity index is 2.51. The quantitative estimate of drug-likeness (QED) is 0.799. The van der Waals surface area contributed by atoms with E-state index in [1.54, 1.807) is 0 Å². The molecule has 3 N–H and O–H groups in total. The predicted molar refractivity (Wildman–Crippen MR) is 86.1 cm³/mol. The average Bonchev–Trinajstić information content (AvgIpc) is 2.37. The fraction of sp³-hybridized carbons (Fsp3) is 0.562. The SMILES string of the molecule is Cc1ccc(NC(=O)CCC(CCN)C(C)C)c(Cl)c1. The van der Waals surface area contributed by atoms with E-state index in [0.29, 0.717) is 35.5 Å². The van der Waals surface area contributed by atoms with Crippen LogP contribution in [0.25, 0.3) is 0 Å². The smallest absolute Gasteiger partial charge is 0.224 e. The van der Waals surface area contributed by atoms with Crippen molar-refractivity contribution in [3.05, 3.63) is 28.8 Å². The van der Waals surface area contributed by atoms with Crippen LogP contribution in [0.5, 0.6) is 0 Å². The molecule has 0 fully saturated rings. The molecule has 0 saturated carbocycles. The van der Waals surface area contributed by atoms with Crippen LogP contribution in [-0.4, -0.2) is 12.5 Å². The Hall–Kier alpha value is -1.06. The van der Waals surface area contributed by atoms with Crippen LogP contribution in [0.15, 0.2) is 18.2 Å². The second kappa shape index (κ2) is 8.28. The third-order valence-electron chi connectivity index (χ3n) is 3.62. The molecular formula is C16H25ClN2O. The number of hydrogen-bond acceptors (Lipinski definition) is 2. The molecule has 1 unspecified atom stereocenters. The molecule has 0 spiro atoms. The first kappa shape index (κ1) is 17.0. The van der Waals surface area contributed by atoms with Gasteiger partial charge in [-0.2, -0.15) is 0 Å².